The van der Waals surface area contributed by atoms with Gasteiger partial charge in [-0.05, 0) is 36.3 Å². The highest BCUT2D eigenvalue weighted by atomic mass is 32.1. The van der Waals surface area contributed by atoms with E-state index in [1.165, 1.54) is 0 Å². The molecule has 3 aromatic heterocycles. The zero-order valence-electron chi connectivity index (χ0n) is 12.1. The molecule has 1 aromatic carbocycles. The first-order valence-corrected chi connectivity index (χ1v) is 7.65. The highest BCUT2D eigenvalue weighted by Crippen LogP contribution is 2.11. The first-order chi connectivity index (χ1) is 11.3. The van der Waals surface area contributed by atoms with Gasteiger partial charge in [-0.1, -0.05) is 30.3 Å². The molecule has 0 spiro atoms. The van der Waals surface area contributed by atoms with Gasteiger partial charge < -0.3 is 0 Å². The van der Waals surface area contributed by atoms with Crippen LogP contribution in [0.2, 0.25) is 0 Å². The van der Waals surface area contributed by atoms with Gasteiger partial charge in [-0.15, -0.1) is 5.10 Å². The smallest absolute Gasteiger partial charge is 0.264 e. The van der Waals surface area contributed by atoms with Gasteiger partial charge in [0.25, 0.3) is 5.56 Å². The van der Waals surface area contributed by atoms with E-state index in [2.05, 4.69) is 15.2 Å². The average Bonchev–Trinajstić information content (AvgIpc) is 2.97. The number of aryl methyl sites for hydroxylation is 2. The number of benzene rings is 1. The molecule has 23 heavy (non-hydrogen) atoms. The predicted molar refractivity (Wildman–Crippen MR) is 90.1 cm³/mol. The minimum Gasteiger partial charge on any atom is -0.276 e. The van der Waals surface area contributed by atoms with E-state index >= 15 is 0 Å². The maximum atomic E-state index is 12.8. The lowest BCUT2D eigenvalue weighted by Gasteiger charge is -2.09. The van der Waals surface area contributed by atoms with Crippen molar-refractivity contribution >= 4 is 29.0 Å². The average molecular weight is 323 g/mol. The summed E-state index contributed by atoms with van der Waals surface area (Å²) in [5.74, 6) is 0.488. The second-order valence-corrected chi connectivity index (χ2v) is 5.62. The van der Waals surface area contributed by atoms with Crippen LogP contribution >= 0.6 is 12.2 Å². The summed E-state index contributed by atoms with van der Waals surface area (Å²) in [7, 11) is 0. The standard InChI is InChI=1S/C16H13N5OS/c22-14-12-7-4-9-17-13(12)21-15(18-19-16(21)23)20(14)10-8-11-5-2-1-3-6-11/h1-7,9H,8,10H2,(H,19,23). The number of H-pyrrole nitrogens is 1. The number of nitrogens with one attached hydrogen (secondary N) is 1. The summed E-state index contributed by atoms with van der Waals surface area (Å²) >= 11 is 5.28. The summed E-state index contributed by atoms with van der Waals surface area (Å²) < 4.78 is 3.78. The number of aromatic amines is 1. The fourth-order valence-corrected chi connectivity index (χ4v) is 2.94. The van der Waals surface area contributed by atoms with E-state index in [4.69, 9.17) is 12.2 Å². The number of aromatic nitrogens is 5. The van der Waals surface area contributed by atoms with Crippen molar-refractivity contribution in [1.29, 1.82) is 0 Å². The highest BCUT2D eigenvalue weighted by Gasteiger charge is 2.13. The van der Waals surface area contributed by atoms with Gasteiger partial charge in [-0.3, -0.25) is 9.36 Å². The van der Waals surface area contributed by atoms with E-state index < -0.39 is 0 Å². The van der Waals surface area contributed by atoms with E-state index in [1.807, 2.05) is 30.3 Å². The van der Waals surface area contributed by atoms with Crippen LogP contribution in [0.3, 0.4) is 0 Å². The first kappa shape index (κ1) is 13.8. The lowest BCUT2D eigenvalue weighted by atomic mass is 10.1. The second kappa shape index (κ2) is 5.44. The molecule has 1 N–H and O–H groups in total. The van der Waals surface area contributed by atoms with E-state index in [1.54, 1.807) is 27.3 Å². The van der Waals surface area contributed by atoms with Gasteiger partial charge in [0.2, 0.25) is 10.5 Å². The number of pyridine rings is 1. The number of rotatable bonds is 3. The maximum Gasteiger partial charge on any atom is 0.264 e. The summed E-state index contributed by atoms with van der Waals surface area (Å²) in [6.45, 7) is 0.525. The molecule has 0 atom stereocenters. The van der Waals surface area contributed by atoms with E-state index in [0.29, 0.717) is 28.1 Å². The molecule has 0 aliphatic carbocycles. The zero-order chi connectivity index (χ0) is 15.8. The minimum atomic E-state index is -0.106. The summed E-state index contributed by atoms with van der Waals surface area (Å²) in [5.41, 5.74) is 1.59. The molecule has 0 saturated carbocycles. The zero-order valence-corrected chi connectivity index (χ0v) is 13.0. The third-order valence-electron chi connectivity index (χ3n) is 3.84. The maximum absolute atomic E-state index is 12.8. The topological polar surface area (TPSA) is 68.0 Å². The molecule has 0 aliphatic heterocycles. The van der Waals surface area contributed by atoms with Gasteiger partial charge in [0.15, 0.2) is 5.65 Å². The molecule has 4 rings (SSSR count). The van der Waals surface area contributed by atoms with Crippen LogP contribution in [0.5, 0.6) is 0 Å². The lowest BCUT2D eigenvalue weighted by molar-refractivity contribution is 0.677. The van der Waals surface area contributed by atoms with Crippen molar-refractivity contribution < 1.29 is 0 Å². The Hall–Kier alpha value is -2.80. The van der Waals surface area contributed by atoms with Crippen molar-refractivity contribution in [3.63, 3.8) is 0 Å². The highest BCUT2D eigenvalue weighted by molar-refractivity contribution is 7.71. The number of nitrogens with zero attached hydrogens (tertiary/aromatic N) is 4. The van der Waals surface area contributed by atoms with Crippen molar-refractivity contribution in [3.8, 4) is 0 Å². The van der Waals surface area contributed by atoms with Crippen LogP contribution in [-0.2, 0) is 13.0 Å². The van der Waals surface area contributed by atoms with Crippen LogP contribution in [0.25, 0.3) is 16.8 Å². The molecule has 0 amide bonds. The molecule has 6 nitrogen and oxygen atoms in total. The molecule has 3 heterocycles. The van der Waals surface area contributed by atoms with Crippen molar-refractivity contribution in [3.05, 3.63) is 69.3 Å². The first-order valence-electron chi connectivity index (χ1n) is 7.24. The van der Waals surface area contributed by atoms with E-state index in [9.17, 15) is 4.79 Å². The molecule has 0 saturated heterocycles. The second-order valence-electron chi connectivity index (χ2n) is 5.23. The molecule has 0 radical (unpaired) electrons. The van der Waals surface area contributed by atoms with Crippen molar-refractivity contribution in [2.24, 2.45) is 0 Å². The Morgan fingerprint density at radius 3 is 2.78 bits per heavy atom. The van der Waals surface area contributed by atoms with Gasteiger partial charge in [0, 0.05) is 12.7 Å². The summed E-state index contributed by atoms with van der Waals surface area (Å²) in [5, 5.41) is 7.49. The fraction of sp³-hybridized carbons (Fsp3) is 0.125. The molecular formula is C16H13N5OS. The van der Waals surface area contributed by atoms with Crippen LogP contribution in [0.4, 0.5) is 0 Å². The SMILES string of the molecule is O=c1c2cccnc2n2c(=S)[nH]nc2n1CCc1ccccc1. The van der Waals surface area contributed by atoms with Crippen molar-refractivity contribution in [2.75, 3.05) is 0 Å². The fourth-order valence-electron chi connectivity index (χ4n) is 2.73. The Bertz CT molecular complexity index is 1110. The van der Waals surface area contributed by atoms with E-state index in [-0.39, 0.29) is 5.56 Å². The molecule has 114 valence electrons. The Balaban J connectivity index is 1.93. The molecule has 0 unspecified atom stereocenters. The third kappa shape index (κ3) is 2.25. The number of hydrogen-bond donors (Lipinski definition) is 1. The van der Waals surface area contributed by atoms with Crippen molar-refractivity contribution in [1.82, 2.24) is 24.1 Å². The number of fused-ring (bicyclic) bond motifs is 3. The summed E-state index contributed by atoms with van der Waals surface area (Å²) in [4.78, 5) is 17.1. The largest absolute Gasteiger partial charge is 0.276 e. The van der Waals surface area contributed by atoms with Gasteiger partial charge in [-0.2, -0.15) is 0 Å². The van der Waals surface area contributed by atoms with E-state index in [0.717, 1.165) is 12.0 Å². The minimum absolute atomic E-state index is 0.106. The van der Waals surface area contributed by atoms with Crippen molar-refractivity contribution in [2.45, 2.75) is 13.0 Å². The quantitative estimate of drug-likeness (QED) is 0.588. The normalized spacial score (nSPS) is 11.3. The Morgan fingerprint density at radius 2 is 1.96 bits per heavy atom. The van der Waals surface area contributed by atoms with Crippen LogP contribution in [0.15, 0.2) is 53.5 Å². The van der Waals surface area contributed by atoms with Gasteiger partial charge in [0.05, 0.1) is 5.39 Å². The molecule has 0 fully saturated rings. The summed E-state index contributed by atoms with van der Waals surface area (Å²) in [6.07, 6.45) is 2.38. The molecule has 0 aliphatic rings. The van der Waals surface area contributed by atoms with Crippen LogP contribution in [0.1, 0.15) is 5.56 Å². The summed E-state index contributed by atoms with van der Waals surface area (Å²) in [6, 6.07) is 13.6. The predicted octanol–water partition coefficient (Wildman–Crippen LogP) is 2.34. The monoisotopic (exact) mass is 323 g/mol. The van der Waals surface area contributed by atoms with Gasteiger partial charge in [-0.25, -0.2) is 14.5 Å². The van der Waals surface area contributed by atoms with Gasteiger partial charge in [0.1, 0.15) is 0 Å². The number of hydrogen-bond acceptors (Lipinski definition) is 4. The molecule has 4 aromatic rings. The van der Waals surface area contributed by atoms with Gasteiger partial charge >= 0.3 is 0 Å². The molecule has 7 heteroatoms. The van der Waals surface area contributed by atoms with Crippen LogP contribution < -0.4 is 5.56 Å². The lowest BCUT2D eigenvalue weighted by Crippen LogP contribution is -2.24. The Kier molecular flexibility index (Phi) is 3.27. The van der Waals surface area contributed by atoms with Crippen LogP contribution in [0, 0.1) is 4.77 Å². The molecular weight excluding hydrogens is 310 g/mol. The third-order valence-corrected chi connectivity index (χ3v) is 4.11. The molecule has 0 bridgehead atoms. The Morgan fingerprint density at radius 1 is 1.13 bits per heavy atom. The Labute approximate surface area is 136 Å². The van der Waals surface area contributed by atoms with Crippen LogP contribution in [-0.4, -0.2) is 24.1 Å².